The van der Waals surface area contributed by atoms with E-state index in [9.17, 15) is 9.70 Å². The number of aliphatic imine (C=N–C) groups is 1. The van der Waals surface area contributed by atoms with Gasteiger partial charge in [0.05, 0.1) is 29.3 Å². The van der Waals surface area contributed by atoms with E-state index in [1.807, 2.05) is 56.4 Å². The summed E-state index contributed by atoms with van der Waals surface area (Å²) in [6.45, 7) is 8.15. The fraction of sp³-hybridized carbons (Fsp3) is 0.536. The molecule has 9 nitrogen and oxygen atoms in total. The van der Waals surface area contributed by atoms with Crippen LogP contribution >= 0.6 is 0 Å². The number of amides is 1. The molecular formula is C28H38N6O3. The van der Waals surface area contributed by atoms with Crippen molar-refractivity contribution < 1.29 is 9.53 Å². The molecule has 3 heterocycles. The van der Waals surface area contributed by atoms with Gasteiger partial charge in [-0.3, -0.25) is 20.1 Å². The predicted octanol–water partition coefficient (Wildman–Crippen LogP) is 5.20. The quantitative estimate of drug-likeness (QED) is 0.393. The zero-order valence-electron chi connectivity index (χ0n) is 22.2. The molecule has 3 N–H and O–H groups in total. The molecule has 3 aliphatic rings. The van der Waals surface area contributed by atoms with Crippen LogP contribution in [0.15, 0.2) is 59.1 Å². The number of ether oxygens (including phenoxy) is 1. The molecule has 5 rings (SSSR count). The van der Waals surface area contributed by atoms with Gasteiger partial charge in [-0.05, 0) is 63.1 Å². The van der Waals surface area contributed by atoms with Crippen molar-refractivity contribution in [3.63, 3.8) is 0 Å². The number of nitrogens with zero attached hydrogens (tertiary/aromatic N) is 4. The minimum Gasteiger partial charge on any atom is -0.487 e. The molecule has 1 aromatic heterocycles. The van der Waals surface area contributed by atoms with Crippen LogP contribution in [0.2, 0.25) is 0 Å². The van der Waals surface area contributed by atoms with Crippen LogP contribution in [0.25, 0.3) is 0 Å². The molecule has 1 unspecified atom stereocenters. The average Bonchev–Trinajstić information content (AvgIpc) is 3.72. The first-order valence-corrected chi connectivity index (χ1v) is 13.2. The third-order valence-electron chi connectivity index (χ3n) is 7.62. The molecule has 0 radical (unpaired) electrons. The second-order valence-corrected chi connectivity index (χ2v) is 10.8. The highest BCUT2D eigenvalue weighted by Gasteiger charge is 2.45. The smallest absolute Gasteiger partial charge is 0.232 e. The highest BCUT2D eigenvalue weighted by Crippen LogP contribution is 2.46. The van der Waals surface area contributed by atoms with Crippen LogP contribution in [0.4, 0.5) is 0 Å². The first kappa shape index (κ1) is 26.6. The lowest BCUT2D eigenvalue weighted by atomic mass is 9.87. The number of rotatable bonds is 7. The summed E-state index contributed by atoms with van der Waals surface area (Å²) in [4.78, 5) is 33.8. The Kier molecular flexibility index (Phi) is 7.80. The van der Waals surface area contributed by atoms with Crippen molar-refractivity contribution in [1.82, 2.24) is 15.3 Å². The van der Waals surface area contributed by atoms with Gasteiger partial charge in [-0.15, -0.1) is 4.91 Å². The van der Waals surface area contributed by atoms with Crippen molar-refractivity contribution >= 4 is 11.9 Å². The highest BCUT2D eigenvalue weighted by molar-refractivity contribution is 5.99. The molecule has 37 heavy (non-hydrogen) atoms. The minimum absolute atomic E-state index is 0.0170. The van der Waals surface area contributed by atoms with Gasteiger partial charge in [0.25, 0.3) is 0 Å². The van der Waals surface area contributed by atoms with E-state index in [4.69, 9.17) is 15.5 Å². The van der Waals surface area contributed by atoms with Gasteiger partial charge >= 0.3 is 0 Å². The Labute approximate surface area is 218 Å². The Balaban J connectivity index is 0.000000186. The fourth-order valence-electron chi connectivity index (χ4n) is 5.36. The molecule has 1 saturated carbocycles. The Hall–Kier alpha value is -3.49. The molecule has 2 atom stereocenters. The maximum atomic E-state index is 12.8. The van der Waals surface area contributed by atoms with E-state index in [1.54, 1.807) is 11.1 Å². The van der Waals surface area contributed by atoms with Crippen LogP contribution in [0, 0.1) is 10.8 Å². The number of carbonyl (C=O) groups is 1. The molecule has 2 aromatic rings. The summed E-state index contributed by atoms with van der Waals surface area (Å²) in [5.41, 5.74) is 10.3. The van der Waals surface area contributed by atoms with E-state index >= 15 is 0 Å². The second-order valence-electron chi connectivity index (χ2n) is 10.8. The summed E-state index contributed by atoms with van der Waals surface area (Å²) < 4.78 is 5.81. The molecule has 9 heteroatoms. The molecule has 0 spiro atoms. The topological polar surface area (TPSA) is 122 Å². The van der Waals surface area contributed by atoms with Gasteiger partial charge in [0.1, 0.15) is 11.4 Å². The molecule has 0 saturated heterocycles. The van der Waals surface area contributed by atoms with Gasteiger partial charge in [-0.2, -0.15) is 0 Å². The summed E-state index contributed by atoms with van der Waals surface area (Å²) in [5, 5.41) is 2.77. The lowest BCUT2D eigenvalue weighted by Gasteiger charge is -2.40. The number of nitrogens with one attached hydrogen (secondary N) is 1. The molecule has 1 amide bonds. The van der Waals surface area contributed by atoms with Gasteiger partial charge in [-0.1, -0.05) is 38.1 Å². The molecule has 1 aromatic carbocycles. The van der Waals surface area contributed by atoms with Crippen molar-refractivity contribution in [2.24, 2.45) is 21.9 Å². The number of pyridine rings is 1. The molecular weight excluding hydrogens is 468 g/mol. The number of para-hydroxylation sites is 1. The van der Waals surface area contributed by atoms with Crippen LogP contribution in [0.1, 0.15) is 89.4 Å². The van der Waals surface area contributed by atoms with Crippen LogP contribution in [0.3, 0.4) is 0 Å². The van der Waals surface area contributed by atoms with Crippen molar-refractivity contribution in [2.75, 3.05) is 0 Å². The van der Waals surface area contributed by atoms with E-state index in [0.717, 1.165) is 49.0 Å². The summed E-state index contributed by atoms with van der Waals surface area (Å²) in [6.07, 6.45) is 8.70. The summed E-state index contributed by atoms with van der Waals surface area (Å²) in [7, 11) is 0. The number of aromatic nitrogens is 1. The number of hydrogen-bond acceptors (Lipinski definition) is 7. The monoisotopic (exact) mass is 506 g/mol. The van der Waals surface area contributed by atoms with Crippen LogP contribution in [-0.4, -0.2) is 32.9 Å². The van der Waals surface area contributed by atoms with Crippen molar-refractivity contribution in [1.29, 1.82) is 0 Å². The maximum absolute atomic E-state index is 12.8. The lowest BCUT2D eigenvalue weighted by Crippen LogP contribution is -2.53. The molecule has 198 valence electrons. The lowest BCUT2D eigenvalue weighted by molar-refractivity contribution is -0.132. The first-order valence-electron chi connectivity index (χ1n) is 13.2. The second kappa shape index (κ2) is 10.9. The third kappa shape index (κ3) is 5.92. The largest absolute Gasteiger partial charge is 0.487 e. The van der Waals surface area contributed by atoms with E-state index in [-0.39, 0.29) is 29.1 Å². The summed E-state index contributed by atoms with van der Waals surface area (Å²) in [5.74, 6) is 1.77. The number of nitroso groups, excluding NO2 is 1. The van der Waals surface area contributed by atoms with Crippen molar-refractivity contribution in [2.45, 2.75) is 89.4 Å². The normalized spacial score (nSPS) is 22.4. The van der Waals surface area contributed by atoms with Gasteiger partial charge in [0, 0.05) is 24.4 Å². The van der Waals surface area contributed by atoms with E-state index in [2.05, 4.69) is 29.5 Å². The molecule has 2 aliphatic heterocycles. The SMILES string of the molecule is CC1(C)C[C@H](NN=O)c2ccccc2O1.CCC1(CC)CC(=O)N(C(c2cccnc2)C2CC2)C(N)=N1. The number of benzene rings is 1. The Morgan fingerprint density at radius 1 is 1.19 bits per heavy atom. The Bertz CT molecular complexity index is 1130. The van der Waals surface area contributed by atoms with Gasteiger partial charge in [0.2, 0.25) is 5.91 Å². The zero-order chi connectivity index (χ0) is 26.6. The fourth-order valence-corrected chi connectivity index (χ4v) is 5.36. The Morgan fingerprint density at radius 2 is 1.92 bits per heavy atom. The van der Waals surface area contributed by atoms with Gasteiger partial charge < -0.3 is 10.5 Å². The third-order valence-corrected chi connectivity index (χ3v) is 7.62. The summed E-state index contributed by atoms with van der Waals surface area (Å²) >= 11 is 0. The average molecular weight is 507 g/mol. The summed E-state index contributed by atoms with van der Waals surface area (Å²) in [6, 6.07) is 11.6. The number of nitrogens with two attached hydrogens (primary N) is 1. The zero-order valence-corrected chi connectivity index (χ0v) is 22.2. The molecule has 1 fully saturated rings. The number of fused-ring (bicyclic) bond motifs is 1. The Morgan fingerprint density at radius 3 is 2.51 bits per heavy atom. The van der Waals surface area contributed by atoms with Crippen LogP contribution < -0.4 is 15.9 Å². The predicted molar refractivity (Wildman–Crippen MR) is 144 cm³/mol. The van der Waals surface area contributed by atoms with Gasteiger partial charge in [0.15, 0.2) is 5.96 Å². The minimum atomic E-state index is -0.319. The highest BCUT2D eigenvalue weighted by atomic mass is 16.5. The van der Waals surface area contributed by atoms with Crippen molar-refractivity contribution in [3.8, 4) is 5.75 Å². The van der Waals surface area contributed by atoms with E-state index < -0.39 is 0 Å². The maximum Gasteiger partial charge on any atom is 0.232 e. The number of hydrogen-bond donors (Lipinski definition) is 2. The van der Waals surface area contributed by atoms with E-state index in [1.165, 1.54) is 0 Å². The molecule has 0 bridgehead atoms. The molecule has 1 aliphatic carbocycles. The number of guanidine groups is 1. The van der Waals surface area contributed by atoms with Gasteiger partial charge in [-0.25, -0.2) is 4.99 Å². The van der Waals surface area contributed by atoms with E-state index in [0.29, 0.717) is 18.3 Å². The standard InChI is InChI=1S/C17H24N4O.C11H14N2O2/c1-3-17(4-2)10-14(22)21(16(18)20-17)15(12-7-8-12)13-6-5-9-19-11-13;1-11(2)7-9(12-13-14)8-5-3-4-6-10(8)15-11/h5-6,9,11-12,15H,3-4,7-8,10H2,1-2H3,(H2,18,20);3-6,9H,7H2,1-2H3,(H,12,14)/t;9-/m.0/s1. The van der Waals surface area contributed by atoms with Crippen LogP contribution in [0.5, 0.6) is 5.75 Å². The van der Waals surface area contributed by atoms with Crippen LogP contribution in [-0.2, 0) is 4.79 Å². The first-order chi connectivity index (χ1) is 17.7. The van der Waals surface area contributed by atoms with Crippen molar-refractivity contribution in [3.05, 3.63) is 64.8 Å². The number of carbonyl (C=O) groups excluding carboxylic acids is 1.